The number of nitrogens with zero attached hydrogens (tertiary/aromatic N) is 1. The third-order valence-electron chi connectivity index (χ3n) is 2.00. The van der Waals surface area contributed by atoms with Crippen LogP contribution in [0.5, 0.6) is 0 Å². The minimum absolute atomic E-state index is 0.203. The molecule has 0 radical (unpaired) electrons. The molecule has 1 atom stereocenters. The first-order valence-electron chi connectivity index (χ1n) is 4.13. The van der Waals surface area contributed by atoms with Gasteiger partial charge >= 0.3 is 0 Å². The van der Waals surface area contributed by atoms with E-state index < -0.39 is 0 Å². The third-order valence-corrected chi connectivity index (χ3v) is 2.00. The fourth-order valence-corrected chi connectivity index (χ4v) is 1.32. The fourth-order valence-electron chi connectivity index (χ4n) is 1.32. The van der Waals surface area contributed by atoms with Crippen LogP contribution in [0.1, 0.15) is 23.6 Å². The monoisotopic (exact) mass is 175 g/mol. The van der Waals surface area contributed by atoms with E-state index in [1.807, 2.05) is 19.1 Å². The topological polar surface area (TPSA) is 75.8 Å². The summed E-state index contributed by atoms with van der Waals surface area (Å²) in [6.07, 6.45) is 0.338. The molecule has 1 aromatic carbocycles. The van der Waals surface area contributed by atoms with Gasteiger partial charge in [-0.05, 0) is 30.2 Å². The highest BCUT2D eigenvalue weighted by molar-refractivity contribution is 5.45. The Morgan fingerprint density at radius 3 is 2.77 bits per heavy atom. The van der Waals surface area contributed by atoms with Gasteiger partial charge in [0.05, 0.1) is 12.5 Å². The summed E-state index contributed by atoms with van der Waals surface area (Å²) in [5.74, 6) is 0. The van der Waals surface area contributed by atoms with Gasteiger partial charge in [0.25, 0.3) is 0 Å². The molecular formula is C10H13N3. The zero-order valence-corrected chi connectivity index (χ0v) is 7.62. The second-order valence-corrected chi connectivity index (χ2v) is 3.08. The van der Waals surface area contributed by atoms with Crippen molar-refractivity contribution >= 4 is 5.69 Å². The second kappa shape index (κ2) is 3.92. The molecule has 3 nitrogen and oxygen atoms in total. The predicted molar refractivity (Wildman–Crippen MR) is 52.7 cm³/mol. The number of rotatable bonds is 2. The van der Waals surface area contributed by atoms with Crippen LogP contribution in [0.15, 0.2) is 18.2 Å². The number of aryl methyl sites for hydroxylation is 1. The first-order chi connectivity index (χ1) is 6.15. The van der Waals surface area contributed by atoms with Crippen molar-refractivity contribution in [3.8, 4) is 6.07 Å². The highest BCUT2D eigenvalue weighted by atomic mass is 14.6. The Labute approximate surface area is 78.0 Å². The molecule has 0 aliphatic heterocycles. The molecular weight excluding hydrogens is 162 g/mol. The maximum Gasteiger partial charge on any atom is 0.0641 e. The summed E-state index contributed by atoms with van der Waals surface area (Å²) in [4.78, 5) is 0. The van der Waals surface area contributed by atoms with Crippen molar-refractivity contribution in [2.24, 2.45) is 5.73 Å². The molecule has 3 heteroatoms. The molecule has 0 heterocycles. The summed E-state index contributed by atoms with van der Waals surface area (Å²) in [7, 11) is 0. The number of nitrogens with two attached hydrogens (primary N) is 2. The standard InChI is InChI=1S/C10H13N3/c1-7-6-8(12)2-3-9(7)10(13)4-5-11/h2-3,6,10H,4,12-13H2,1H3/t10-/m1/s1. The zero-order chi connectivity index (χ0) is 9.84. The molecule has 0 aliphatic rings. The van der Waals surface area contributed by atoms with Gasteiger partial charge in [0, 0.05) is 11.7 Å². The SMILES string of the molecule is Cc1cc(N)ccc1[C@H](N)CC#N. The molecule has 0 aromatic heterocycles. The van der Waals surface area contributed by atoms with Crippen LogP contribution in [0, 0.1) is 18.3 Å². The third kappa shape index (κ3) is 2.20. The van der Waals surface area contributed by atoms with Crippen molar-refractivity contribution in [2.75, 3.05) is 5.73 Å². The Hall–Kier alpha value is -1.53. The van der Waals surface area contributed by atoms with Gasteiger partial charge in [0.2, 0.25) is 0 Å². The van der Waals surface area contributed by atoms with E-state index >= 15 is 0 Å². The highest BCUT2D eigenvalue weighted by Crippen LogP contribution is 2.20. The molecule has 0 saturated carbocycles. The molecule has 0 unspecified atom stereocenters. The molecule has 68 valence electrons. The van der Waals surface area contributed by atoms with Crippen molar-refractivity contribution in [2.45, 2.75) is 19.4 Å². The van der Waals surface area contributed by atoms with Crippen LogP contribution in [0.2, 0.25) is 0 Å². The first kappa shape index (κ1) is 9.56. The van der Waals surface area contributed by atoms with Crippen molar-refractivity contribution < 1.29 is 0 Å². The summed E-state index contributed by atoms with van der Waals surface area (Å²) in [6, 6.07) is 7.40. The molecule has 0 fully saturated rings. The van der Waals surface area contributed by atoms with E-state index in [1.54, 1.807) is 6.07 Å². The normalized spacial score (nSPS) is 12.1. The lowest BCUT2D eigenvalue weighted by molar-refractivity contribution is 0.743. The molecule has 0 spiro atoms. The Balaban J connectivity index is 2.96. The van der Waals surface area contributed by atoms with Gasteiger partial charge in [-0.1, -0.05) is 6.07 Å². The van der Waals surface area contributed by atoms with Gasteiger partial charge < -0.3 is 11.5 Å². The van der Waals surface area contributed by atoms with Crippen LogP contribution < -0.4 is 11.5 Å². The Kier molecular flexibility index (Phi) is 2.88. The van der Waals surface area contributed by atoms with Crippen molar-refractivity contribution in [1.29, 1.82) is 5.26 Å². The van der Waals surface area contributed by atoms with Gasteiger partial charge in [-0.2, -0.15) is 5.26 Å². The van der Waals surface area contributed by atoms with Crippen molar-refractivity contribution in [1.82, 2.24) is 0 Å². The van der Waals surface area contributed by atoms with Gasteiger partial charge in [0.1, 0.15) is 0 Å². The lowest BCUT2D eigenvalue weighted by Crippen LogP contribution is -2.10. The van der Waals surface area contributed by atoms with E-state index in [-0.39, 0.29) is 6.04 Å². The van der Waals surface area contributed by atoms with Gasteiger partial charge in [-0.15, -0.1) is 0 Å². The van der Waals surface area contributed by atoms with E-state index in [1.165, 1.54) is 0 Å². The average molecular weight is 175 g/mol. The molecule has 1 aromatic rings. The smallest absolute Gasteiger partial charge is 0.0641 e. The second-order valence-electron chi connectivity index (χ2n) is 3.08. The molecule has 4 N–H and O–H groups in total. The van der Waals surface area contributed by atoms with Crippen LogP contribution in [0.25, 0.3) is 0 Å². The van der Waals surface area contributed by atoms with Crippen molar-refractivity contribution in [3.05, 3.63) is 29.3 Å². The number of benzene rings is 1. The largest absolute Gasteiger partial charge is 0.399 e. The zero-order valence-electron chi connectivity index (χ0n) is 7.62. The summed E-state index contributed by atoms with van der Waals surface area (Å²) >= 11 is 0. The highest BCUT2D eigenvalue weighted by Gasteiger charge is 2.07. The van der Waals surface area contributed by atoms with Crippen LogP contribution >= 0.6 is 0 Å². The Bertz CT molecular complexity index is 339. The Morgan fingerprint density at radius 1 is 1.54 bits per heavy atom. The summed E-state index contributed by atoms with van der Waals surface area (Å²) < 4.78 is 0. The van der Waals surface area contributed by atoms with E-state index in [2.05, 4.69) is 6.07 Å². The summed E-state index contributed by atoms with van der Waals surface area (Å²) in [5.41, 5.74) is 14.2. The number of nitriles is 1. The molecule has 0 saturated heterocycles. The lowest BCUT2D eigenvalue weighted by Gasteiger charge is -2.11. The van der Waals surface area contributed by atoms with Crippen LogP contribution in [-0.4, -0.2) is 0 Å². The summed E-state index contributed by atoms with van der Waals surface area (Å²) in [6.45, 7) is 1.95. The van der Waals surface area contributed by atoms with E-state index in [9.17, 15) is 0 Å². The van der Waals surface area contributed by atoms with Gasteiger partial charge in [0.15, 0.2) is 0 Å². The number of nitrogen functional groups attached to an aromatic ring is 1. The van der Waals surface area contributed by atoms with E-state index in [4.69, 9.17) is 16.7 Å². The van der Waals surface area contributed by atoms with Crippen molar-refractivity contribution in [3.63, 3.8) is 0 Å². The first-order valence-corrected chi connectivity index (χ1v) is 4.13. The van der Waals surface area contributed by atoms with Crippen LogP contribution in [0.4, 0.5) is 5.69 Å². The minimum Gasteiger partial charge on any atom is -0.399 e. The van der Waals surface area contributed by atoms with Crippen LogP contribution in [0.3, 0.4) is 0 Å². The average Bonchev–Trinajstić information content (AvgIpc) is 2.04. The number of anilines is 1. The lowest BCUT2D eigenvalue weighted by atomic mass is 9.99. The predicted octanol–water partition coefficient (Wildman–Crippen LogP) is 1.49. The molecule has 1 rings (SSSR count). The quantitative estimate of drug-likeness (QED) is 0.668. The minimum atomic E-state index is -0.203. The molecule has 0 amide bonds. The van der Waals surface area contributed by atoms with Gasteiger partial charge in [-0.25, -0.2) is 0 Å². The maximum atomic E-state index is 8.49. The molecule has 0 aliphatic carbocycles. The fraction of sp³-hybridized carbons (Fsp3) is 0.300. The van der Waals surface area contributed by atoms with Gasteiger partial charge in [-0.3, -0.25) is 0 Å². The van der Waals surface area contributed by atoms with E-state index in [0.29, 0.717) is 6.42 Å². The number of hydrogen-bond donors (Lipinski definition) is 2. The Morgan fingerprint density at radius 2 is 2.23 bits per heavy atom. The van der Waals surface area contributed by atoms with E-state index in [0.717, 1.165) is 16.8 Å². The maximum absolute atomic E-state index is 8.49. The molecule has 13 heavy (non-hydrogen) atoms. The summed E-state index contributed by atoms with van der Waals surface area (Å²) in [5, 5.41) is 8.49. The van der Waals surface area contributed by atoms with Crippen LogP contribution in [-0.2, 0) is 0 Å². The number of hydrogen-bond acceptors (Lipinski definition) is 3. The molecule has 0 bridgehead atoms.